The van der Waals surface area contributed by atoms with Gasteiger partial charge in [0.2, 0.25) is 48.3 Å². The third-order valence-electron chi connectivity index (χ3n) is 15.7. The molecule has 498 valence electrons. The van der Waals surface area contributed by atoms with Crippen LogP contribution < -0.4 is 32.6 Å². The maximum absolute atomic E-state index is 14.4. The number of unbranched alkanes of at least 4 members (excludes halogenated alkanes) is 1. The van der Waals surface area contributed by atoms with Crippen molar-refractivity contribution >= 4 is 72.2 Å². The second kappa shape index (κ2) is 30.6. The van der Waals surface area contributed by atoms with Crippen molar-refractivity contribution in [3.05, 3.63) is 147 Å². The van der Waals surface area contributed by atoms with Crippen LogP contribution in [0.4, 0.5) is 10.5 Å². The lowest BCUT2D eigenvalue weighted by Gasteiger charge is -2.35. The second-order valence-corrected chi connectivity index (χ2v) is 26.5. The lowest BCUT2D eigenvalue weighted by Crippen LogP contribution is -2.47. The third-order valence-corrected chi connectivity index (χ3v) is 18.0. The number of esters is 1. The van der Waals surface area contributed by atoms with Gasteiger partial charge in [0.25, 0.3) is 11.5 Å². The summed E-state index contributed by atoms with van der Waals surface area (Å²) in [5.74, 6) is -2.92. The Morgan fingerprint density at radius 3 is 2.30 bits per heavy atom. The topological polar surface area (TPSA) is 386 Å². The third kappa shape index (κ3) is 16.9. The van der Waals surface area contributed by atoms with E-state index in [2.05, 4.69) is 41.5 Å². The van der Waals surface area contributed by atoms with E-state index in [1.807, 2.05) is 24.3 Å². The van der Waals surface area contributed by atoms with Crippen LogP contribution in [0.1, 0.15) is 90.3 Å². The molecule has 0 aliphatic carbocycles. The molecule has 3 aromatic carbocycles. The Bertz CT molecular complexity index is 4240. The van der Waals surface area contributed by atoms with Crippen LogP contribution in [0.2, 0.25) is 0 Å². The molecular weight excluding hydrogens is 1260 g/mol. The van der Waals surface area contributed by atoms with E-state index in [1.54, 1.807) is 86.2 Å². The quantitative estimate of drug-likeness (QED) is 0.0236. The van der Waals surface area contributed by atoms with Gasteiger partial charge < -0.3 is 55.3 Å². The summed E-state index contributed by atoms with van der Waals surface area (Å²) in [7, 11) is -7.08. The number of nitrogens with zero attached hydrogens (tertiary/aromatic N) is 8. The summed E-state index contributed by atoms with van der Waals surface area (Å²) in [6.45, 7) is 5.22. The van der Waals surface area contributed by atoms with Crippen LogP contribution in [0.5, 0.6) is 0 Å². The van der Waals surface area contributed by atoms with Crippen LogP contribution in [-0.2, 0) is 108 Å². The summed E-state index contributed by atoms with van der Waals surface area (Å²) in [4.78, 5) is 106. The zero-order valence-electron chi connectivity index (χ0n) is 52.4. The van der Waals surface area contributed by atoms with Gasteiger partial charge in [-0.25, -0.2) is 46.1 Å². The molecule has 0 spiro atoms. The summed E-state index contributed by atoms with van der Waals surface area (Å²) in [5, 5.41) is 19.5. The van der Waals surface area contributed by atoms with Crippen molar-refractivity contribution in [2.45, 2.75) is 109 Å². The number of hydrogen-bond donors (Lipinski definition) is 5. The van der Waals surface area contributed by atoms with Crippen LogP contribution >= 0.6 is 0 Å². The number of rotatable bonds is 31. The van der Waals surface area contributed by atoms with Gasteiger partial charge in [-0.1, -0.05) is 54.6 Å². The minimum absolute atomic E-state index is 0.109. The van der Waals surface area contributed by atoms with E-state index in [4.69, 9.17) is 34.4 Å². The molecule has 29 nitrogen and oxygen atoms in total. The molecule has 31 heteroatoms. The van der Waals surface area contributed by atoms with Gasteiger partial charge in [0, 0.05) is 71.1 Å². The predicted molar refractivity (Wildman–Crippen MR) is 340 cm³/mol. The van der Waals surface area contributed by atoms with Gasteiger partial charge in [-0.2, -0.15) is 4.31 Å². The van der Waals surface area contributed by atoms with E-state index in [0.29, 0.717) is 82.9 Å². The maximum Gasteiger partial charge on any atom is 0.510 e. The van der Waals surface area contributed by atoms with Crippen LogP contribution in [0.3, 0.4) is 0 Å². The number of ether oxygens (including phenoxy) is 5. The number of amides is 4. The number of benzene rings is 3. The molecule has 0 bridgehead atoms. The van der Waals surface area contributed by atoms with Gasteiger partial charge in [-0.15, -0.1) is 5.10 Å². The van der Waals surface area contributed by atoms with Crippen LogP contribution in [0, 0.1) is 0 Å². The molecular formula is C63H73N13O16S2. The standard InChI is InChI=1S/C63H73N13O16S2/c1-6-63(50-29-53-56-48(34-75(53)59(81)49(50)36-90-60(63)82)46(47-11-7-8-12-51(47)71-56)22-25-76(39(2)3)94(5,86)87)92-62(83)91-35-40-14-20-44(21-15-40)69-58(80)52(13-9-10-23-64)70-55(78)38-89-37-54(77)65-24-27-88-28-26-74-33-45(72-73-74)32-66-57(79)42-18-16-41(17-19-42)43-30-67-61(68-31-43)93(4,84)85/h7-8,11-12,14-21,29-31,33,39,52H,6,9-10,13,22-28,32,34-38,64H2,1-5H3,(H,65,77)(H,66,79)(H,69,80)(H,70,78)/t52-,63-/m0/s1. The zero-order chi connectivity index (χ0) is 67.3. The second-order valence-electron chi connectivity index (χ2n) is 22.7. The zero-order valence-corrected chi connectivity index (χ0v) is 54.0. The Morgan fingerprint density at radius 1 is 0.862 bits per heavy atom. The van der Waals surface area contributed by atoms with E-state index in [-0.39, 0.29) is 93.7 Å². The fourth-order valence-electron chi connectivity index (χ4n) is 10.9. The Balaban J connectivity index is 0.697. The number of aromatic nitrogens is 7. The number of pyridine rings is 2. The first kappa shape index (κ1) is 69.0. The Hall–Kier alpha value is -9.40. The van der Waals surface area contributed by atoms with Gasteiger partial charge in [0.1, 0.15) is 38.2 Å². The van der Waals surface area contributed by atoms with Crippen molar-refractivity contribution in [3.8, 4) is 22.5 Å². The maximum atomic E-state index is 14.4. The van der Waals surface area contributed by atoms with Gasteiger partial charge >= 0.3 is 12.1 Å². The van der Waals surface area contributed by atoms with Crippen LogP contribution in [-0.4, -0.2) is 162 Å². The minimum atomic E-state index is -3.54. The SMILES string of the molecule is CC[C@@]1(OC(=O)OCc2ccc(NC(=O)[C@H](CCCCN)NC(=O)COCC(=O)NCCOCCn3cc(CNC(=O)c4ccc(-c5cnc(S(C)(=O)=O)nc5)cc4)nn3)cc2)C(=O)OCc2c1cc1n(c2=O)Cc2c-1nc1ccccc1c2CCN(C(C)C)S(C)(=O)=O. The molecule has 0 radical (unpaired) electrons. The van der Waals surface area contributed by atoms with Gasteiger partial charge in [-0.3, -0.25) is 24.0 Å². The van der Waals surface area contributed by atoms with E-state index in [0.717, 1.165) is 22.8 Å². The molecule has 2 aliphatic heterocycles. The summed E-state index contributed by atoms with van der Waals surface area (Å²) in [6, 6.07) is 20.7. The van der Waals surface area contributed by atoms with Crippen molar-refractivity contribution in [1.82, 2.24) is 54.8 Å². The molecule has 9 rings (SSSR count). The number of carbonyl (C=O) groups excluding carboxylic acids is 6. The number of anilines is 1. The molecule has 4 aromatic heterocycles. The molecule has 4 amide bonds. The Kier molecular flexibility index (Phi) is 22.4. The number of fused-ring (bicyclic) bond motifs is 5. The predicted octanol–water partition coefficient (Wildman–Crippen LogP) is 3.44. The van der Waals surface area contributed by atoms with E-state index in [9.17, 15) is 50.4 Å². The number of sulfone groups is 1. The summed E-state index contributed by atoms with van der Waals surface area (Å²) in [5.41, 5.74) is 9.48. The number of sulfonamides is 1. The minimum Gasteiger partial charge on any atom is -0.457 e. The number of hydrogen-bond acceptors (Lipinski definition) is 22. The molecule has 0 fully saturated rings. The molecule has 0 saturated heterocycles. The molecule has 2 aliphatic rings. The smallest absolute Gasteiger partial charge is 0.457 e. The average Bonchev–Trinajstić information content (AvgIpc) is 1.61. The first-order chi connectivity index (χ1) is 45.0. The van der Waals surface area contributed by atoms with Crippen molar-refractivity contribution in [2.24, 2.45) is 5.73 Å². The first-order valence-corrected chi connectivity index (χ1v) is 34.0. The van der Waals surface area contributed by atoms with E-state index < -0.39 is 80.1 Å². The molecule has 2 atom stereocenters. The fraction of sp³-hybridized carbons (Fsp3) is 0.397. The normalized spacial score (nSPS) is 14.6. The molecule has 0 saturated carbocycles. The van der Waals surface area contributed by atoms with Gasteiger partial charge in [0.15, 0.2) is 0 Å². The number of para-hydroxylation sites is 1. The van der Waals surface area contributed by atoms with Gasteiger partial charge in [-0.05, 0) is 106 Å². The van der Waals surface area contributed by atoms with E-state index in [1.165, 1.54) is 27.5 Å². The van der Waals surface area contributed by atoms with Crippen molar-refractivity contribution in [2.75, 3.05) is 63.9 Å². The first-order valence-electron chi connectivity index (χ1n) is 30.2. The molecule has 94 heavy (non-hydrogen) atoms. The largest absolute Gasteiger partial charge is 0.510 e. The highest BCUT2D eigenvalue weighted by Gasteiger charge is 2.51. The average molecular weight is 1330 g/mol. The summed E-state index contributed by atoms with van der Waals surface area (Å²) >= 11 is 0. The Labute approximate surface area is 541 Å². The summed E-state index contributed by atoms with van der Waals surface area (Å²) in [6.07, 6.45) is 6.97. The lowest BCUT2D eigenvalue weighted by molar-refractivity contribution is -0.175. The molecule has 6 heterocycles. The van der Waals surface area contributed by atoms with Crippen molar-refractivity contribution in [3.63, 3.8) is 0 Å². The van der Waals surface area contributed by atoms with Crippen LogP contribution in [0.15, 0.2) is 107 Å². The molecule has 7 aromatic rings. The number of nitrogens with one attached hydrogen (secondary N) is 4. The fourth-order valence-corrected chi connectivity index (χ4v) is 12.6. The monoisotopic (exact) mass is 1330 g/mol. The van der Waals surface area contributed by atoms with Crippen molar-refractivity contribution in [1.29, 1.82) is 0 Å². The van der Waals surface area contributed by atoms with Crippen molar-refractivity contribution < 1.29 is 69.3 Å². The highest BCUT2D eigenvalue weighted by atomic mass is 32.2. The lowest BCUT2D eigenvalue weighted by atomic mass is 9.85. The van der Waals surface area contributed by atoms with Crippen LogP contribution in [0.25, 0.3) is 33.4 Å². The number of cyclic esters (lactones) is 1. The summed E-state index contributed by atoms with van der Waals surface area (Å²) < 4.78 is 81.2. The van der Waals surface area contributed by atoms with E-state index >= 15 is 0 Å². The highest BCUT2D eigenvalue weighted by molar-refractivity contribution is 7.90. The molecule has 6 N–H and O–H groups in total. The number of carbonyl (C=O) groups is 6. The Morgan fingerprint density at radius 2 is 1.60 bits per heavy atom. The van der Waals surface area contributed by atoms with Gasteiger partial charge in [0.05, 0.1) is 67.8 Å². The highest BCUT2D eigenvalue weighted by Crippen LogP contribution is 2.42. The molecule has 0 unspecified atom stereocenters. The number of nitrogens with two attached hydrogens (primary N) is 1.